The zero-order chi connectivity index (χ0) is 23.5. The number of ether oxygens (including phenoxy) is 1. The molecular weight excluding hydrogens is 434 g/mol. The average molecular weight is 455 g/mol. The Hall–Kier alpha value is -4.53. The van der Waals surface area contributed by atoms with E-state index < -0.39 is 5.91 Å². The molecule has 1 atom stereocenters. The van der Waals surface area contributed by atoms with Crippen LogP contribution in [0, 0.1) is 0 Å². The Balaban J connectivity index is 1.21. The van der Waals surface area contributed by atoms with Crippen LogP contribution in [0.15, 0.2) is 83.7 Å². The number of hydrogen-bond donors (Lipinski definition) is 1. The molecule has 1 fully saturated rings. The second-order valence-corrected chi connectivity index (χ2v) is 7.95. The van der Waals surface area contributed by atoms with Crippen molar-refractivity contribution in [2.24, 2.45) is 0 Å². The van der Waals surface area contributed by atoms with E-state index in [0.29, 0.717) is 23.2 Å². The first-order valence-electron chi connectivity index (χ1n) is 10.8. The Morgan fingerprint density at radius 2 is 1.65 bits per heavy atom. The van der Waals surface area contributed by atoms with Crippen LogP contribution in [0.1, 0.15) is 6.42 Å². The van der Waals surface area contributed by atoms with Crippen molar-refractivity contribution in [2.75, 3.05) is 11.4 Å². The van der Waals surface area contributed by atoms with Crippen LogP contribution in [0.4, 0.5) is 5.69 Å². The lowest BCUT2D eigenvalue weighted by atomic mass is 10.2. The number of aromatic nitrogens is 3. The lowest BCUT2D eigenvalue weighted by Gasteiger charge is -2.18. The number of anilines is 1. The largest absolute Gasteiger partial charge is 0.457 e. The molecule has 2 amide bonds. The topological polar surface area (TPSA) is 106 Å². The molecule has 0 saturated carbocycles. The van der Waals surface area contributed by atoms with Crippen molar-refractivity contribution in [1.82, 2.24) is 20.3 Å². The van der Waals surface area contributed by atoms with Crippen molar-refractivity contribution in [3.8, 4) is 11.5 Å². The van der Waals surface area contributed by atoms with Gasteiger partial charge in [-0.05, 0) is 48.5 Å². The Bertz CT molecular complexity index is 1400. The first kappa shape index (κ1) is 21.3. The van der Waals surface area contributed by atoms with Gasteiger partial charge in [0.1, 0.15) is 23.6 Å². The summed E-state index contributed by atoms with van der Waals surface area (Å²) in [6, 6.07) is 23.1. The van der Waals surface area contributed by atoms with E-state index in [-0.39, 0.29) is 30.5 Å². The summed E-state index contributed by atoms with van der Waals surface area (Å²) in [5.74, 6) is 0.890. The molecule has 4 aromatic rings. The molecule has 0 spiro atoms. The number of hydrogen-bond acceptors (Lipinski definition) is 6. The molecule has 1 aliphatic rings. The third kappa shape index (κ3) is 4.49. The second kappa shape index (κ2) is 9.14. The van der Waals surface area contributed by atoms with Gasteiger partial charge in [0.25, 0.3) is 5.56 Å². The van der Waals surface area contributed by atoms with Crippen molar-refractivity contribution in [3.63, 3.8) is 0 Å². The van der Waals surface area contributed by atoms with Crippen LogP contribution in [0.3, 0.4) is 0 Å². The smallest absolute Gasteiger partial charge is 0.278 e. The molecule has 170 valence electrons. The molecular formula is C25H21N5O4. The van der Waals surface area contributed by atoms with Crippen LogP contribution < -0.4 is 20.5 Å². The molecule has 3 aromatic carbocycles. The van der Waals surface area contributed by atoms with Crippen molar-refractivity contribution in [2.45, 2.75) is 19.0 Å². The Kier molecular flexibility index (Phi) is 5.73. The molecule has 1 aliphatic heterocycles. The quantitative estimate of drug-likeness (QED) is 0.479. The maximum Gasteiger partial charge on any atom is 0.278 e. The maximum absolute atomic E-state index is 12.6. The number of nitrogens with zero attached hydrogens (tertiary/aromatic N) is 4. The van der Waals surface area contributed by atoms with Gasteiger partial charge in [-0.3, -0.25) is 14.4 Å². The van der Waals surface area contributed by atoms with Gasteiger partial charge in [0.2, 0.25) is 11.8 Å². The van der Waals surface area contributed by atoms with Crippen LogP contribution in [0.5, 0.6) is 11.5 Å². The first-order valence-corrected chi connectivity index (χ1v) is 10.8. The standard InChI is InChI=1S/C25H21N5O4/c31-23(16-30-25(33)21-8-4-5-9-22(21)27-28-30)26-17-14-24(32)29(15-17)18-10-12-20(13-11-18)34-19-6-2-1-3-7-19/h1-13,17H,14-16H2,(H,26,31). The maximum atomic E-state index is 12.6. The fourth-order valence-corrected chi connectivity index (χ4v) is 3.91. The van der Waals surface area contributed by atoms with Gasteiger partial charge in [0.05, 0.1) is 11.4 Å². The minimum atomic E-state index is -0.405. The van der Waals surface area contributed by atoms with Gasteiger partial charge in [-0.25, -0.2) is 4.68 Å². The molecule has 1 aromatic heterocycles. The highest BCUT2D eigenvalue weighted by molar-refractivity contribution is 5.97. The molecule has 0 radical (unpaired) electrons. The van der Waals surface area contributed by atoms with Gasteiger partial charge < -0.3 is 15.0 Å². The first-order chi connectivity index (χ1) is 16.6. The minimum Gasteiger partial charge on any atom is -0.457 e. The molecule has 0 bridgehead atoms. The van der Waals surface area contributed by atoms with Crippen LogP contribution in [0.25, 0.3) is 10.9 Å². The van der Waals surface area contributed by atoms with E-state index in [1.807, 2.05) is 42.5 Å². The highest BCUT2D eigenvalue weighted by Gasteiger charge is 2.31. The van der Waals surface area contributed by atoms with Gasteiger partial charge in [-0.15, -0.1) is 5.10 Å². The predicted octanol–water partition coefficient (Wildman–Crippen LogP) is 2.51. The van der Waals surface area contributed by atoms with E-state index in [0.717, 1.165) is 16.1 Å². The van der Waals surface area contributed by atoms with Crippen molar-refractivity contribution in [3.05, 3.63) is 89.2 Å². The lowest BCUT2D eigenvalue weighted by molar-refractivity contribution is -0.122. The minimum absolute atomic E-state index is 0.0929. The molecule has 9 nitrogen and oxygen atoms in total. The van der Waals surface area contributed by atoms with Gasteiger partial charge in [-0.2, -0.15) is 0 Å². The number of amides is 2. The summed E-state index contributed by atoms with van der Waals surface area (Å²) in [4.78, 5) is 39.3. The summed E-state index contributed by atoms with van der Waals surface area (Å²) in [6.45, 7) is 0.0641. The fraction of sp³-hybridized carbons (Fsp3) is 0.160. The zero-order valence-electron chi connectivity index (χ0n) is 18.1. The number of benzene rings is 3. The summed E-state index contributed by atoms with van der Waals surface area (Å²) >= 11 is 0. The SMILES string of the molecule is O=C(Cn1nnc2ccccc2c1=O)NC1CC(=O)N(c2ccc(Oc3ccccc3)cc2)C1. The molecule has 1 unspecified atom stereocenters. The van der Waals surface area contributed by atoms with Crippen LogP contribution in [0.2, 0.25) is 0 Å². The second-order valence-electron chi connectivity index (χ2n) is 7.95. The normalized spacial score (nSPS) is 15.5. The van der Waals surface area contributed by atoms with Crippen molar-refractivity contribution in [1.29, 1.82) is 0 Å². The van der Waals surface area contributed by atoms with Gasteiger partial charge in [-0.1, -0.05) is 35.5 Å². The third-order valence-corrected chi connectivity index (χ3v) is 5.54. The average Bonchev–Trinajstić information content (AvgIpc) is 3.22. The number of fused-ring (bicyclic) bond motifs is 1. The van der Waals surface area contributed by atoms with Gasteiger partial charge >= 0.3 is 0 Å². The van der Waals surface area contributed by atoms with Gasteiger partial charge in [0.15, 0.2) is 0 Å². The highest BCUT2D eigenvalue weighted by atomic mass is 16.5. The number of carbonyl (C=O) groups excluding carboxylic acids is 2. The van der Waals surface area contributed by atoms with E-state index in [4.69, 9.17) is 4.74 Å². The monoisotopic (exact) mass is 455 g/mol. The summed E-state index contributed by atoms with van der Waals surface area (Å²) < 4.78 is 6.82. The van der Waals surface area contributed by atoms with E-state index in [1.54, 1.807) is 41.3 Å². The van der Waals surface area contributed by atoms with Crippen molar-refractivity contribution >= 4 is 28.4 Å². The Morgan fingerprint density at radius 3 is 2.44 bits per heavy atom. The number of rotatable bonds is 6. The fourth-order valence-electron chi connectivity index (χ4n) is 3.91. The summed E-state index contributed by atoms with van der Waals surface area (Å²) in [6.07, 6.45) is 0.173. The van der Waals surface area contributed by atoms with E-state index in [2.05, 4.69) is 15.6 Å². The lowest BCUT2D eigenvalue weighted by Crippen LogP contribution is -2.41. The molecule has 1 N–H and O–H groups in total. The summed E-state index contributed by atoms with van der Waals surface area (Å²) in [7, 11) is 0. The molecule has 1 saturated heterocycles. The molecule has 9 heteroatoms. The molecule has 34 heavy (non-hydrogen) atoms. The van der Waals surface area contributed by atoms with Crippen molar-refractivity contribution < 1.29 is 14.3 Å². The summed E-state index contributed by atoms with van der Waals surface area (Å²) in [5.41, 5.74) is 0.808. The summed E-state index contributed by atoms with van der Waals surface area (Å²) in [5, 5.41) is 11.0. The molecule has 0 aliphatic carbocycles. The Morgan fingerprint density at radius 1 is 0.941 bits per heavy atom. The van der Waals surface area contributed by atoms with Crippen LogP contribution in [-0.2, 0) is 16.1 Å². The number of para-hydroxylation sites is 1. The highest BCUT2D eigenvalue weighted by Crippen LogP contribution is 2.27. The van der Waals surface area contributed by atoms with E-state index >= 15 is 0 Å². The van der Waals surface area contributed by atoms with E-state index in [1.165, 1.54) is 0 Å². The number of carbonyl (C=O) groups is 2. The van der Waals surface area contributed by atoms with Gasteiger partial charge in [0, 0.05) is 18.7 Å². The Labute approximate surface area is 194 Å². The zero-order valence-corrected chi connectivity index (χ0v) is 18.1. The van der Waals surface area contributed by atoms with E-state index in [9.17, 15) is 14.4 Å². The third-order valence-electron chi connectivity index (χ3n) is 5.54. The predicted molar refractivity (Wildman–Crippen MR) is 126 cm³/mol. The molecule has 5 rings (SSSR count). The van der Waals surface area contributed by atoms with Crippen LogP contribution in [-0.4, -0.2) is 39.4 Å². The molecule has 2 heterocycles. The van der Waals surface area contributed by atoms with Crippen LogP contribution >= 0.6 is 0 Å². The number of nitrogens with one attached hydrogen (secondary N) is 1.